The molecule has 1 amide bonds. The third-order valence-electron chi connectivity index (χ3n) is 3.51. The Labute approximate surface area is 135 Å². The summed E-state index contributed by atoms with van der Waals surface area (Å²) in [4.78, 5) is 12.3. The smallest absolute Gasteiger partial charge is 0.251 e. The zero-order valence-electron chi connectivity index (χ0n) is 13.6. The number of nitrogens with zero attached hydrogens (tertiary/aromatic N) is 1. The third kappa shape index (κ3) is 4.01. The number of hydrogen-bond donors (Lipinski definition) is 3. The molecular formula is C16H22N4O3. The lowest BCUT2D eigenvalue weighted by molar-refractivity contribution is 0.0950. The Hall–Kier alpha value is -2.54. The van der Waals surface area contributed by atoms with Gasteiger partial charge in [0.15, 0.2) is 11.5 Å². The van der Waals surface area contributed by atoms with Crippen molar-refractivity contribution in [2.75, 3.05) is 20.3 Å². The largest absolute Gasteiger partial charge is 0.493 e. The van der Waals surface area contributed by atoms with Crippen molar-refractivity contribution in [3.8, 4) is 11.5 Å². The van der Waals surface area contributed by atoms with Crippen LogP contribution in [0.5, 0.6) is 11.5 Å². The Bertz CT molecular complexity index is 662. The highest BCUT2D eigenvalue weighted by atomic mass is 16.5. The van der Waals surface area contributed by atoms with Gasteiger partial charge in [0.05, 0.1) is 12.8 Å². The van der Waals surface area contributed by atoms with E-state index in [1.165, 1.54) is 7.11 Å². The summed E-state index contributed by atoms with van der Waals surface area (Å²) >= 11 is 0. The van der Waals surface area contributed by atoms with Gasteiger partial charge in [-0.2, -0.15) is 5.10 Å². The predicted octanol–water partition coefficient (Wildman–Crippen LogP) is 1.30. The van der Waals surface area contributed by atoms with Gasteiger partial charge in [-0.05, 0) is 32.0 Å². The first kappa shape index (κ1) is 16.8. The first-order valence-corrected chi connectivity index (χ1v) is 7.36. The molecule has 1 heterocycles. The Morgan fingerprint density at radius 1 is 1.35 bits per heavy atom. The van der Waals surface area contributed by atoms with Crippen LogP contribution in [0.3, 0.4) is 0 Å². The number of aromatic amines is 1. The van der Waals surface area contributed by atoms with E-state index in [2.05, 4.69) is 15.5 Å². The summed E-state index contributed by atoms with van der Waals surface area (Å²) < 4.78 is 10.7. The van der Waals surface area contributed by atoms with E-state index in [0.717, 1.165) is 17.0 Å². The number of rotatable bonds is 7. The van der Waals surface area contributed by atoms with Crippen molar-refractivity contribution in [1.29, 1.82) is 0 Å². The minimum atomic E-state index is -0.186. The maximum absolute atomic E-state index is 12.3. The molecule has 0 aliphatic rings. The van der Waals surface area contributed by atoms with Crippen molar-refractivity contribution in [2.24, 2.45) is 5.73 Å². The lowest BCUT2D eigenvalue weighted by atomic mass is 10.1. The number of methoxy groups -OCH3 is 1. The van der Waals surface area contributed by atoms with Gasteiger partial charge < -0.3 is 20.5 Å². The summed E-state index contributed by atoms with van der Waals surface area (Å²) in [6, 6.07) is 5.05. The van der Waals surface area contributed by atoms with Crippen LogP contribution in [0.15, 0.2) is 18.2 Å². The van der Waals surface area contributed by atoms with Crippen molar-refractivity contribution in [2.45, 2.75) is 20.4 Å². The molecule has 0 bridgehead atoms. The standard InChI is InChI=1S/C16H22N4O3/c1-10-13(11(2)20-19-10)9-18-16(21)12-4-5-14(23-7-6-17)15(8-12)22-3/h4-5,8H,6-7,9,17H2,1-3H3,(H,18,21)(H,19,20). The molecule has 23 heavy (non-hydrogen) atoms. The molecule has 0 unspecified atom stereocenters. The molecule has 1 aromatic heterocycles. The molecule has 0 saturated carbocycles. The van der Waals surface area contributed by atoms with Gasteiger partial charge >= 0.3 is 0 Å². The summed E-state index contributed by atoms with van der Waals surface area (Å²) in [5.41, 5.74) is 8.74. The number of nitrogens with two attached hydrogens (primary N) is 1. The number of nitrogens with one attached hydrogen (secondary N) is 2. The molecule has 2 rings (SSSR count). The van der Waals surface area contributed by atoms with E-state index in [1.54, 1.807) is 18.2 Å². The summed E-state index contributed by atoms with van der Waals surface area (Å²) in [5.74, 6) is 0.881. The second-order valence-electron chi connectivity index (χ2n) is 5.10. The minimum absolute atomic E-state index is 0.186. The molecule has 0 aliphatic carbocycles. The van der Waals surface area contributed by atoms with Crippen LogP contribution in [0.25, 0.3) is 0 Å². The SMILES string of the molecule is COc1cc(C(=O)NCc2c(C)n[nH]c2C)ccc1OCCN. The Morgan fingerprint density at radius 3 is 2.74 bits per heavy atom. The van der Waals surface area contributed by atoms with E-state index >= 15 is 0 Å². The van der Waals surface area contributed by atoms with Gasteiger partial charge in [-0.3, -0.25) is 9.89 Å². The summed E-state index contributed by atoms with van der Waals surface area (Å²) in [5, 5.41) is 9.89. The monoisotopic (exact) mass is 318 g/mol. The molecule has 124 valence electrons. The normalized spacial score (nSPS) is 10.4. The number of benzene rings is 1. The third-order valence-corrected chi connectivity index (χ3v) is 3.51. The molecule has 1 aromatic carbocycles. The zero-order chi connectivity index (χ0) is 16.8. The van der Waals surface area contributed by atoms with Crippen molar-refractivity contribution in [3.63, 3.8) is 0 Å². The van der Waals surface area contributed by atoms with Gasteiger partial charge in [0.2, 0.25) is 0 Å². The second kappa shape index (κ2) is 7.64. The van der Waals surface area contributed by atoms with Crippen molar-refractivity contribution in [1.82, 2.24) is 15.5 Å². The van der Waals surface area contributed by atoms with Crippen molar-refractivity contribution >= 4 is 5.91 Å². The van der Waals surface area contributed by atoms with E-state index in [-0.39, 0.29) is 5.91 Å². The molecule has 0 saturated heterocycles. The van der Waals surface area contributed by atoms with E-state index in [0.29, 0.717) is 36.8 Å². The van der Waals surface area contributed by atoms with E-state index in [1.807, 2.05) is 13.8 Å². The quantitative estimate of drug-likeness (QED) is 0.714. The first-order valence-electron chi connectivity index (χ1n) is 7.36. The number of H-pyrrole nitrogens is 1. The second-order valence-corrected chi connectivity index (χ2v) is 5.10. The fourth-order valence-corrected chi connectivity index (χ4v) is 2.20. The van der Waals surface area contributed by atoms with Gasteiger partial charge in [0.25, 0.3) is 5.91 Å². The topological polar surface area (TPSA) is 102 Å². The van der Waals surface area contributed by atoms with E-state index in [4.69, 9.17) is 15.2 Å². The number of aryl methyl sites for hydroxylation is 2. The van der Waals surface area contributed by atoms with Crippen LogP contribution in [0, 0.1) is 13.8 Å². The van der Waals surface area contributed by atoms with E-state index in [9.17, 15) is 4.79 Å². The average Bonchev–Trinajstić information content (AvgIpc) is 2.88. The van der Waals surface area contributed by atoms with Crippen molar-refractivity contribution in [3.05, 3.63) is 40.7 Å². The fourth-order valence-electron chi connectivity index (χ4n) is 2.20. The molecule has 7 nitrogen and oxygen atoms in total. The molecular weight excluding hydrogens is 296 g/mol. The lowest BCUT2D eigenvalue weighted by Crippen LogP contribution is -2.23. The highest BCUT2D eigenvalue weighted by molar-refractivity contribution is 5.94. The predicted molar refractivity (Wildman–Crippen MR) is 86.8 cm³/mol. The zero-order valence-corrected chi connectivity index (χ0v) is 13.6. The average molecular weight is 318 g/mol. The Kier molecular flexibility index (Phi) is 5.59. The molecule has 4 N–H and O–H groups in total. The Morgan fingerprint density at radius 2 is 2.13 bits per heavy atom. The highest BCUT2D eigenvalue weighted by Gasteiger charge is 2.13. The lowest BCUT2D eigenvalue weighted by Gasteiger charge is -2.12. The first-order chi connectivity index (χ1) is 11.1. The van der Waals surface area contributed by atoms with Crippen LogP contribution in [-0.2, 0) is 6.54 Å². The summed E-state index contributed by atoms with van der Waals surface area (Å²) in [6.45, 7) is 5.04. The Balaban J connectivity index is 2.07. The van der Waals surface area contributed by atoms with Crippen molar-refractivity contribution < 1.29 is 14.3 Å². The molecule has 0 radical (unpaired) electrons. The molecule has 0 aliphatic heterocycles. The van der Waals surface area contributed by atoms with E-state index < -0.39 is 0 Å². The number of hydrogen-bond acceptors (Lipinski definition) is 5. The van der Waals surface area contributed by atoms with Crippen LogP contribution < -0.4 is 20.5 Å². The molecule has 7 heteroatoms. The van der Waals surface area contributed by atoms with Gasteiger partial charge in [0, 0.05) is 29.9 Å². The number of amides is 1. The molecule has 0 spiro atoms. The van der Waals surface area contributed by atoms with Gasteiger partial charge in [0.1, 0.15) is 6.61 Å². The molecule has 0 fully saturated rings. The van der Waals surface area contributed by atoms with Gasteiger partial charge in [-0.1, -0.05) is 0 Å². The fraction of sp³-hybridized carbons (Fsp3) is 0.375. The van der Waals surface area contributed by atoms with Gasteiger partial charge in [-0.25, -0.2) is 0 Å². The minimum Gasteiger partial charge on any atom is -0.493 e. The number of aromatic nitrogens is 2. The van der Waals surface area contributed by atoms with Crippen LogP contribution >= 0.6 is 0 Å². The highest BCUT2D eigenvalue weighted by Crippen LogP contribution is 2.28. The van der Waals surface area contributed by atoms with Crippen LogP contribution in [0.4, 0.5) is 0 Å². The van der Waals surface area contributed by atoms with Crippen LogP contribution in [0.1, 0.15) is 27.3 Å². The number of ether oxygens (including phenoxy) is 2. The number of carbonyl (C=O) groups is 1. The number of carbonyl (C=O) groups excluding carboxylic acids is 1. The maximum atomic E-state index is 12.3. The summed E-state index contributed by atoms with van der Waals surface area (Å²) in [7, 11) is 1.53. The molecule has 0 atom stereocenters. The van der Waals surface area contributed by atoms with Crippen LogP contribution in [0.2, 0.25) is 0 Å². The maximum Gasteiger partial charge on any atom is 0.251 e. The van der Waals surface area contributed by atoms with Crippen LogP contribution in [-0.4, -0.2) is 36.4 Å². The van der Waals surface area contributed by atoms with Gasteiger partial charge in [-0.15, -0.1) is 0 Å². The molecule has 2 aromatic rings. The summed E-state index contributed by atoms with van der Waals surface area (Å²) in [6.07, 6.45) is 0.